The average Bonchev–Trinajstić information content (AvgIpc) is 2.66. The Kier molecular flexibility index (Phi) is 9.85. The van der Waals surface area contributed by atoms with Crippen LogP contribution in [0, 0.1) is 5.92 Å². The lowest BCUT2D eigenvalue weighted by atomic mass is 9.86. The minimum Gasteiger partial charge on any atom is -0.359 e. The van der Waals surface area contributed by atoms with Crippen LogP contribution in [0.5, 0.6) is 0 Å². The Hall–Kier alpha value is -1.27. The number of ketones is 1. The molecule has 0 saturated heterocycles. The van der Waals surface area contributed by atoms with Crippen LogP contribution in [-0.4, -0.2) is 45.8 Å². The first-order valence-corrected chi connectivity index (χ1v) is 9.52. The van der Waals surface area contributed by atoms with E-state index in [1.807, 2.05) is 0 Å². The molecular formula is C21H32O5. The summed E-state index contributed by atoms with van der Waals surface area (Å²) in [6.07, 6.45) is 5.61. The lowest BCUT2D eigenvalue weighted by Gasteiger charge is -2.29. The van der Waals surface area contributed by atoms with E-state index in [0.29, 0.717) is 12.3 Å². The maximum absolute atomic E-state index is 12.6. The van der Waals surface area contributed by atoms with Gasteiger partial charge in [0.2, 0.25) is 0 Å². The van der Waals surface area contributed by atoms with Crippen molar-refractivity contribution in [1.29, 1.82) is 0 Å². The van der Waals surface area contributed by atoms with Crippen LogP contribution in [0.25, 0.3) is 0 Å². The van der Waals surface area contributed by atoms with Crippen molar-refractivity contribution < 1.29 is 23.7 Å². The molecule has 0 aromatic heterocycles. The molecule has 1 aliphatic carbocycles. The largest absolute Gasteiger partial charge is 0.359 e. The molecule has 0 radical (unpaired) electrons. The molecule has 5 heteroatoms. The van der Waals surface area contributed by atoms with E-state index in [0.717, 1.165) is 38.5 Å². The van der Waals surface area contributed by atoms with E-state index in [4.69, 9.17) is 18.9 Å². The molecule has 0 N–H and O–H groups in total. The fraction of sp³-hybridized carbons (Fsp3) is 0.667. The number of rotatable bonds is 8. The van der Waals surface area contributed by atoms with Crippen molar-refractivity contribution in [2.24, 2.45) is 5.92 Å². The maximum atomic E-state index is 12.6. The van der Waals surface area contributed by atoms with E-state index < -0.39 is 6.10 Å². The summed E-state index contributed by atoms with van der Waals surface area (Å²) in [7, 11) is 3.15. The number of methoxy groups -OCH3 is 2. The summed E-state index contributed by atoms with van der Waals surface area (Å²) >= 11 is 0. The fourth-order valence-electron chi connectivity index (χ4n) is 3.60. The molecule has 0 amide bonds. The number of ether oxygens (including phenoxy) is 4. The van der Waals surface area contributed by atoms with Crippen LogP contribution in [0.2, 0.25) is 0 Å². The van der Waals surface area contributed by atoms with Gasteiger partial charge < -0.3 is 18.9 Å². The summed E-state index contributed by atoms with van der Waals surface area (Å²) in [5.41, 5.74) is 1.37. The monoisotopic (exact) mass is 364 g/mol. The highest BCUT2D eigenvalue weighted by atomic mass is 16.7. The molecule has 3 atom stereocenters. The molecule has 1 aliphatic rings. The maximum Gasteiger partial charge on any atom is 0.164 e. The number of benzene rings is 1. The van der Waals surface area contributed by atoms with Gasteiger partial charge in [0, 0.05) is 20.6 Å². The second-order valence-corrected chi connectivity index (χ2v) is 6.95. The molecular weight excluding hydrogens is 332 g/mol. The zero-order valence-corrected chi connectivity index (χ0v) is 16.0. The van der Waals surface area contributed by atoms with E-state index in [1.54, 1.807) is 14.2 Å². The number of carbonyl (C=O) groups is 1. The molecule has 0 aliphatic heterocycles. The zero-order valence-electron chi connectivity index (χ0n) is 16.0. The molecule has 26 heavy (non-hydrogen) atoms. The van der Waals surface area contributed by atoms with Crippen molar-refractivity contribution >= 4 is 5.78 Å². The molecule has 3 unspecified atom stereocenters. The van der Waals surface area contributed by atoms with E-state index in [1.165, 1.54) is 5.56 Å². The summed E-state index contributed by atoms with van der Waals surface area (Å²) in [5, 5.41) is 0. The number of Topliss-reactive ketones (excluding diaryl/α,β-unsaturated/α-hetero) is 1. The Morgan fingerprint density at radius 3 is 2.38 bits per heavy atom. The lowest BCUT2D eigenvalue weighted by molar-refractivity contribution is -0.172. The van der Waals surface area contributed by atoms with Gasteiger partial charge in [0.05, 0.1) is 6.10 Å². The van der Waals surface area contributed by atoms with Gasteiger partial charge in [0.1, 0.15) is 19.7 Å². The van der Waals surface area contributed by atoms with Crippen molar-refractivity contribution in [2.75, 3.05) is 27.8 Å². The molecule has 0 spiro atoms. The van der Waals surface area contributed by atoms with Gasteiger partial charge in [-0.05, 0) is 37.2 Å². The van der Waals surface area contributed by atoms with Crippen LogP contribution in [0.1, 0.15) is 44.1 Å². The predicted octanol–water partition coefficient (Wildman–Crippen LogP) is 3.75. The third kappa shape index (κ3) is 7.16. The highest BCUT2D eigenvalue weighted by molar-refractivity contribution is 5.83. The SMILES string of the molecule is COCOC1CCC(Cc2ccccc2)CCCCC(=O)C1OCOC. The molecule has 1 aromatic carbocycles. The van der Waals surface area contributed by atoms with E-state index in [9.17, 15) is 4.79 Å². The third-order valence-corrected chi connectivity index (χ3v) is 4.93. The topological polar surface area (TPSA) is 54.0 Å². The van der Waals surface area contributed by atoms with E-state index in [-0.39, 0.29) is 25.5 Å². The number of carbonyl (C=O) groups excluding carboxylic acids is 1. The Morgan fingerprint density at radius 1 is 0.923 bits per heavy atom. The molecule has 1 aromatic rings. The van der Waals surface area contributed by atoms with Gasteiger partial charge >= 0.3 is 0 Å². The van der Waals surface area contributed by atoms with Gasteiger partial charge in [-0.25, -0.2) is 0 Å². The summed E-state index contributed by atoms with van der Waals surface area (Å²) in [5.74, 6) is 0.687. The smallest absolute Gasteiger partial charge is 0.164 e. The van der Waals surface area contributed by atoms with Gasteiger partial charge in [-0.1, -0.05) is 43.2 Å². The van der Waals surface area contributed by atoms with Gasteiger partial charge in [-0.2, -0.15) is 0 Å². The first kappa shape index (κ1) is 21.0. The van der Waals surface area contributed by atoms with Crippen LogP contribution in [-0.2, 0) is 30.2 Å². The average molecular weight is 364 g/mol. The van der Waals surface area contributed by atoms with Crippen molar-refractivity contribution in [3.63, 3.8) is 0 Å². The highest BCUT2D eigenvalue weighted by Gasteiger charge is 2.31. The second kappa shape index (κ2) is 12.2. The zero-order chi connectivity index (χ0) is 18.6. The first-order chi connectivity index (χ1) is 12.7. The fourth-order valence-corrected chi connectivity index (χ4v) is 3.60. The van der Waals surface area contributed by atoms with E-state index >= 15 is 0 Å². The number of hydrogen-bond donors (Lipinski definition) is 0. The van der Waals surface area contributed by atoms with Crippen LogP contribution in [0.3, 0.4) is 0 Å². The third-order valence-electron chi connectivity index (χ3n) is 4.93. The van der Waals surface area contributed by atoms with Gasteiger partial charge in [-0.15, -0.1) is 0 Å². The second-order valence-electron chi connectivity index (χ2n) is 6.95. The predicted molar refractivity (Wildman–Crippen MR) is 99.8 cm³/mol. The standard InChI is InChI=1S/C21H32O5/c1-23-15-25-20-13-12-18(14-17-8-4-3-5-9-17)10-6-7-11-19(22)21(20)26-16-24-2/h3-5,8-9,18,20-21H,6-7,10-16H2,1-2H3. The van der Waals surface area contributed by atoms with Gasteiger partial charge in [-0.3, -0.25) is 4.79 Å². The number of hydrogen-bond acceptors (Lipinski definition) is 5. The highest BCUT2D eigenvalue weighted by Crippen LogP contribution is 2.26. The minimum atomic E-state index is -0.583. The van der Waals surface area contributed by atoms with Crippen molar-refractivity contribution in [1.82, 2.24) is 0 Å². The van der Waals surface area contributed by atoms with Crippen molar-refractivity contribution in [3.05, 3.63) is 35.9 Å². The Balaban J connectivity index is 2.04. The van der Waals surface area contributed by atoms with Crippen LogP contribution >= 0.6 is 0 Å². The summed E-state index contributed by atoms with van der Waals surface area (Å²) in [6.45, 7) is 0.255. The van der Waals surface area contributed by atoms with Crippen molar-refractivity contribution in [3.8, 4) is 0 Å². The lowest BCUT2D eigenvalue weighted by Crippen LogP contribution is -2.40. The Labute approximate surface area is 157 Å². The summed E-state index contributed by atoms with van der Waals surface area (Å²) in [6, 6.07) is 10.6. The normalized spacial score (nSPS) is 25.2. The van der Waals surface area contributed by atoms with Crippen LogP contribution in [0.4, 0.5) is 0 Å². The van der Waals surface area contributed by atoms with Crippen LogP contribution in [0.15, 0.2) is 30.3 Å². The Bertz CT molecular complexity index is 504. The van der Waals surface area contributed by atoms with Crippen LogP contribution < -0.4 is 0 Å². The molecule has 146 valence electrons. The minimum absolute atomic E-state index is 0.0939. The molecule has 5 nitrogen and oxygen atoms in total. The first-order valence-electron chi connectivity index (χ1n) is 9.52. The molecule has 0 heterocycles. The quantitative estimate of drug-likeness (QED) is 0.658. The molecule has 1 saturated carbocycles. The molecule has 2 rings (SSSR count). The summed E-state index contributed by atoms with van der Waals surface area (Å²) < 4.78 is 21.6. The van der Waals surface area contributed by atoms with Crippen molar-refractivity contribution in [2.45, 2.75) is 57.2 Å². The van der Waals surface area contributed by atoms with Gasteiger partial charge in [0.15, 0.2) is 5.78 Å². The Morgan fingerprint density at radius 2 is 1.65 bits per heavy atom. The molecule has 1 fully saturated rings. The van der Waals surface area contributed by atoms with E-state index in [2.05, 4.69) is 30.3 Å². The summed E-state index contributed by atoms with van der Waals surface area (Å²) in [4.78, 5) is 12.6. The molecule has 0 bridgehead atoms. The van der Waals surface area contributed by atoms with Gasteiger partial charge in [0.25, 0.3) is 0 Å².